The van der Waals surface area contributed by atoms with Crippen molar-refractivity contribution < 1.29 is 14.6 Å². The lowest BCUT2D eigenvalue weighted by Crippen LogP contribution is -2.28. The van der Waals surface area contributed by atoms with E-state index in [1.807, 2.05) is 48.6 Å². The summed E-state index contributed by atoms with van der Waals surface area (Å²) in [5.74, 6) is -0.391. The van der Waals surface area contributed by atoms with Gasteiger partial charge in [0.1, 0.15) is 6.10 Å². The summed E-state index contributed by atoms with van der Waals surface area (Å²) in [4.78, 5) is 12.2. The number of carbonyl (C=O) groups excluding carboxylic acids is 1. The Morgan fingerprint density at radius 3 is 2.22 bits per heavy atom. The van der Waals surface area contributed by atoms with Gasteiger partial charge in [-0.1, -0.05) is 54.6 Å². The first kappa shape index (κ1) is 17.0. The molecule has 0 spiro atoms. The van der Waals surface area contributed by atoms with Gasteiger partial charge in [0.05, 0.1) is 11.2 Å². The van der Waals surface area contributed by atoms with Crippen LogP contribution >= 0.6 is 0 Å². The van der Waals surface area contributed by atoms with E-state index in [0.29, 0.717) is 12.0 Å². The first-order chi connectivity index (χ1) is 10.9. The number of esters is 1. The Hall–Kier alpha value is -2.39. The van der Waals surface area contributed by atoms with Crippen LogP contribution in [0.25, 0.3) is 6.08 Å². The fourth-order valence-electron chi connectivity index (χ4n) is 2.20. The lowest BCUT2D eigenvalue weighted by atomic mass is 10.00. The predicted molar refractivity (Wildman–Crippen MR) is 92.0 cm³/mol. The van der Waals surface area contributed by atoms with Crippen molar-refractivity contribution in [3.8, 4) is 0 Å². The molecule has 0 aromatic heterocycles. The van der Waals surface area contributed by atoms with Gasteiger partial charge in [-0.3, -0.25) is 0 Å². The average molecular weight is 310 g/mol. The van der Waals surface area contributed by atoms with Crippen molar-refractivity contribution in [2.45, 2.75) is 32.0 Å². The first-order valence-electron chi connectivity index (χ1n) is 7.66. The molecule has 2 aromatic rings. The van der Waals surface area contributed by atoms with Gasteiger partial charge < -0.3 is 9.84 Å². The van der Waals surface area contributed by atoms with Gasteiger partial charge in [0.15, 0.2) is 0 Å². The molecular formula is C20H22O3. The van der Waals surface area contributed by atoms with Crippen molar-refractivity contribution in [3.63, 3.8) is 0 Å². The highest BCUT2D eigenvalue weighted by molar-refractivity contribution is 5.89. The van der Waals surface area contributed by atoms with E-state index in [-0.39, 0.29) is 0 Å². The van der Waals surface area contributed by atoms with Crippen molar-refractivity contribution >= 4 is 12.0 Å². The van der Waals surface area contributed by atoms with Crippen molar-refractivity contribution in [1.82, 2.24) is 0 Å². The SMILES string of the molecule is CC(C)(O)C[C@H](/C=C/c1ccccc1)OC(=O)c1ccccc1. The minimum Gasteiger partial charge on any atom is -0.454 e. The molecule has 3 nitrogen and oxygen atoms in total. The fourth-order valence-corrected chi connectivity index (χ4v) is 2.20. The molecule has 0 saturated carbocycles. The Labute approximate surface area is 137 Å². The summed E-state index contributed by atoms with van der Waals surface area (Å²) in [5, 5.41) is 10.0. The minimum atomic E-state index is -0.928. The standard InChI is InChI=1S/C20H22O3/c1-20(2,22)15-18(14-13-16-9-5-3-6-10-16)23-19(21)17-11-7-4-8-12-17/h3-14,18,22H,15H2,1-2H3/b14-13+/t18-/m0/s1. The Balaban J connectivity index is 2.11. The topological polar surface area (TPSA) is 46.5 Å². The zero-order valence-corrected chi connectivity index (χ0v) is 13.5. The molecule has 1 atom stereocenters. The molecule has 0 aliphatic rings. The summed E-state index contributed by atoms with van der Waals surface area (Å²) in [7, 11) is 0. The molecule has 0 fully saturated rings. The number of rotatable bonds is 6. The van der Waals surface area contributed by atoms with Crippen LogP contribution in [0.1, 0.15) is 36.2 Å². The van der Waals surface area contributed by atoms with E-state index in [0.717, 1.165) is 5.56 Å². The van der Waals surface area contributed by atoms with E-state index in [4.69, 9.17) is 4.74 Å². The van der Waals surface area contributed by atoms with E-state index < -0.39 is 17.7 Å². The van der Waals surface area contributed by atoms with Crippen LogP contribution < -0.4 is 0 Å². The van der Waals surface area contributed by atoms with Crippen molar-refractivity contribution in [3.05, 3.63) is 77.9 Å². The minimum absolute atomic E-state index is 0.328. The maximum Gasteiger partial charge on any atom is 0.338 e. The van der Waals surface area contributed by atoms with E-state index >= 15 is 0 Å². The quantitative estimate of drug-likeness (QED) is 0.818. The molecule has 0 aliphatic carbocycles. The molecule has 0 radical (unpaired) electrons. The normalized spacial score (nSPS) is 13.0. The van der Waals surface area contributed by atoms with Crippen molar-refractivity contribution in [2.24, 2.45) is 0 Å². The number of benzene rings is 2. The third-order valence-corrected chi connectivity index (χ3v) is 3.27. The summed E-state index contributed by atoms with van der Waals surface area (Å²) in [6.07, 6.45) is 3.54. The monoisotopic (exact) mass is 310 g/mol. The van der Waals surface area contributed by atoms with Crippen molar-refractivity contribution in [2.75, 3.05) is 0 Å². The lowest BCUT2D eigenvalue weighted by Gasteiger charge is -2.23. The zero-order valence-electron chi connectivity index (χ0n) is 13.5. The second kappa shape index (κ2) is 7.75. The average Bonchev–Trinajstić information content (AvgIpc) is 2.53. The number of carbonyl (C=O) groups is 1. The highest BCUT2D eigenvalue weighted by Crippen LogP contribution is 2.17. The predicted octanol–water partition coefficient (Wildman–Crippen LogP) is 4.09. The summed E-state index contributed by atoms with van der Waals surface area (Å²) >= 11 is 0. The molecule has 0 amide bonds. The van der Waals surface area contributed by atoms with Gasteiger partial charge in [0, 0.05) is 6.42 Å². The van der Waals surface area contributed by atoms with E-state index in [1.165, 1.54) is 0 Å². The maximum absolute atomic E-state index is 12.2. The third-order valence-electron chi connectivity index (χ3n) is 3.27. The molecular weight excluding hydrogens is 288 g/mol. The lowest BCUT2D eigenvalue weighted by molar-refractivity contribution is 0.00562. The molecule has 2 rings (SSSR count). The van der Waals surface area contributed by atoms with Gasteiger partial charge in [-0.2, -0.15) is 0 Å². The Bertz CT molecular complexity index is 640. The van der Waals surface area contributed by atoms with Gasteiger partial charge in [-0.05, 0) is 37.6 Å². The van der Waals surface area contributed by atoms with Gasteiger partial charge in [0.25, 0.3) is 0 Å². The van der Waals surface area contributed by atoms with Crippen LogP contribution in [0.5, 0.6) is 0 Å². The van der Waals surface area contributed by atoms with E-state index in [1.54, 1.807) is 38.1 Å². The Morgan fingerprint density at radius 2 is 1.65 bits per heavy atom. The largest absolute Gasteiger partial charge is 0.454 e. The van der Waals surface area contributed by atoms with Crippen LogP contribution in [0, 0.1) is 0 Å². The fraction of sp³-hybridized carbons (Fsp3) is 0.250. The molecule has 0 unspecified atom stereocenters. The molecule has 0 bridgehead atoms. The van der Waals surface area contributed by atoms with Crippen LogP contribution in [0.3, 0.4) is 0 Å². The van der Waals surface area contributed by atoms with Crippen LogP contribution in [-0.4, -0.2) is 22.8 Å². The molecule has 1 N–H and O–H groups in total. The van der Waals surface area contributed by atoms with E-state index in [9.17, 15) is 9.90 Å². The van der Waals surface area contributed by atoms with Crippen molar-refractivity contribution in [1.29, 1.82) is 0 Å². The Morgan fingerprint density at radius 1 is 1.09 bits per heavy atom. The highest BCUT2D eigenvalue weighted by atomic mass is 16.5. The molecule has 0 heterocycles. The number of ether oxygens (including phenoxy) is 1. The molecule has 0 saturated heterocycles. The summed E-state index contributed by atoms with van der Waals surface area (Å²) in [5.41, 5.74) is 0.591. The number of aliphatic hydroxyl groups is 1. The third kappa shape index (κ3) is 6.09. The molecule has 23 heavy (non-hydrogen) atoms. The van der Waals surface area contributed by atoms with Gasteiger partial charge in [0.2, 0.25) is 0 Å². The van der Waals surface area contributed by atoms with Crippen LogP contribution in [0.15, 0.2) is 66.7 Å². The zero-order chi connectivity index (χ0) is 16.7. The summed E-state index contributed by atoms with van der Waals surface area (Å²) in [6, 6.07) is 18.6. The summed E-state index contributed by atoms with van der Waals surface area (Å²) in [6.45, 7) is 3.40. The number of hydrogen-bond acceptors (Lipinski definition) is 3. The van der Waals surface area contributed by atoms with Gasteiger partial charge in [-0.15, -0.1) is 0 Å². The van der Waals surface area contributed by atoms with E-state index in [2.05, 4.69) is 0 Å². The second-order valence-electron chi connectivity index (χ2n) is 6.10. The van der Waals surface area contributed by atoms with Gasteiger partial charge >= 0.3 is 5.97 Å². The highest BCUT2D eigenvalue weighted by Gasteiger charge is 2.22. The van der Waals surface area contributed by atoms with Crippen LogP contribution in [-0.2, 0) is 4.74 Å². The molecule has 120 valence electrons. The van der Waals surface area contributed by atoms with Crippen LogP contribution in [0.2, 0.25) is 0 Å². The molecule has 3 heteroatoms. The first-order valence-corrected chi connectivity index (χ1v) is 7.66. The maximum atomic E-state index is 12.2. The van der Waals surface area contributed by atoms with Gasteiger partial charge in [-0.25, -0.2) is 4.79 Å². The molecule has 0 aliphatic heterocycles. The smallest absolute Gasteiger partial charge is 0.338 e. The second-order valence-corrected chi connectivity index (χ2v) is 6.10. The molecule has 2 aromatic carbocycles. The number of hydrogen-bond donors (Lipinski definition) is 1. The Kier molecular flexibility index (Phi) is 5.72. The summed E-state index contributed by atoms with van der Waals surface area (Å²) < 4.78 is 5.55. The van der Waals surface area contributed by atoms with Crippen LogP contribution in [0.4, 0.5) is 0 Å².